The van der Waals surface area contributed by atoms with Crippen molar-refractivity contribution in [1.82, 2.24) is 20.3 Å². The fraction of sp³-hybridized carbons (Fsp3) is 0.182. The summed E-state index contributed by atoms with van der Waals surface area (Å²) in [6.07, 6.45) is 3.34. The summed E-state index contributed by atoms with van der Waals surface area (Å²) in [6.45, 7) is 2.14. The van der Waals surface area contributed by atoms with Gasteiger partial charge in [-0.2, -0.15) is 0 Å². The highest BCUT2D eigenvalue weighted by Crippen LogP contribution is 2.10. The number of nitrogens with one attached hydrogen (secondary N) is 2. The third-order valence-electron chi connectivity index (χ3n) is 2.16. The number of nitrogens with zero attached hydrogens (tertiary/aromatic N) is 2. The second-order valence-electron chi connectivity index (χ2n) is 3.54. The summed E-state index contributed by atoms with van der Waals surface area (Å²) < 4.78 is 0. The van der Waals surface area contributed by atoms with Crippen LogP contribution in [0.2, 0.25) is 5.15 Å². The quantitative estimate of drug-likeness (QED) is 0.815. The molecule has 2 rings (SSSR count). The van der Waals surface area contributed by atoms with Crippen molar-refractivity contribution in [2.45, 2.75) is 13.5 Å². The molecule has 6 heteroatoms. The van der Waals surface area contributed by atoms with Crippen LogP contribution in [0.25, 0.3) is 0 Å². The predicted molar refractivity (Wildman–Crippen MR) is 63.7 cm³/mol. The predicted octanol–water partition coefficient (Wildman–Crippen LogP) is 1.70. The molecule has 0 saturated heterocycles. The van der Waals surface area contributed by atoms with Crippen molar-refractivity contribution in [2.24, 2.45) is 0 Å². The maximum Gasteiger partial charge on any atom is 0.251 e. The minimum Gasteiger partial charge on any atom is -0.347 e. The first kappa shape index (κ1) is 11.6. The number of imidazole rings is 1. The van der Waals surface area contributed by atoms with Gasteiger partial charge >= 0.3 is 0 Å². The Bertz CT molecular complexity index is 504. The lowest BCUT2D eigenvalue weighted by atomic mass is 10.2. The lowest BCUT2D eigenvalue weighted by Gasteiger charge is -2.04. The second-order valence-corrected chi connectivity index (χ2v) is 3.93. The molecule has 0 atom stereocenters. The third-order valence-corrected chi connectivity index (χ3v) is 2.35. The fourth-order valence-electron chi connectivity index (χ4n) is 1.42. The lowest BCUT2D eigenvalue weighted by Crippen LogP contribution is -2.23. The molecule has 0 radical (unpaired) electrons. The van der Waals surface area contributed by atoms with Crippen LogP contribution < -0.4 is 5.32 Å². The van der Waals surface area contributed by atoms with Gasteiger partial charge in [-0.25, -0.2) is 9.97 Å². The summed E-state index contributed by atoms with van der Waals surface area (Å²) in [5.41, 5.74) is 1.20. The van der Waals surface area contributed by atoms with E-state index in [1.165, 1.54) is 6.07 Å². The maximum atomic E-state index is 11.8. The first-order valence-electron chi connectivity index (χ1n) is 5.06. The molecule has 0 fully saturated rings. The van der Waals surface area contributed by atoms with Gasteiger partial charge < -0.3 is 10.3 Å². The van der Waals surface area contributed by atoms with E-state index in [0.717, 1.165) is 0 Å². The van der Waals surface area contributed by atoms with Gasteiger partial charge in [0.25, 0.3) is 5.91 Å². The summed E-state index contributed by atoms with van der Waals surface area (Å²) >= 11 is 5.78. The Labute approximate surface area is 103 Å². The highest BCUT2D eigenvalue weighted by molar-refractivity contribution is 6.29. The van der Waals surface area contributed by atoms with Crippen molar-refractivity contribution in [3.8, 4) is 0 Å². The normalized spacial score (nSPS) is 10.2. The first-order chi connectivity index (χ1) is 8.15. The average molecular weight is 251 g/mol. The lowest BCUT2D eigenvalue weighted by molar-refractivity contribution is 0.0949. The Balaban J connectivity index is 2.04. The van der Waals surface area contributed by atoms with Gasteiger partial charge in [0.05, 0.1) is 6.54 Å². The summed E-state index contributed by atoms with van der Waals surface area (Å²) in [5.74, 6) is 0.504. The van der Waals surface area contributed by atoms with Crippen LogP contribution in [0.3, 0.4) is 0 Å². The molecule has 2 N–H and O–H groups in total. The van der Waals surface area contributed by atoms with Gasteiger partial charge in [0.1, 0.15) is 11.0 Å². The largest absolute Gasteiger partial charge is 0.347 e. The van der Waals surface area contributed by atoms with E-state index in [2.05, 4.69) is 20.3 Å². The molecule has 0 aliphatic carbocycles. The summed E-state index contributed by atoms with van der Waals surface area (Å²) in [7, 11) is 0. The average Bonchev–Trinajstić information content (AvgIpc) is 2.77. The van der Waals surface area contributed by atoms with E-state index in [9.17, 15) is 4.79 Å². The molecule has 0 aliphatic heterocycles. The van der Waals surface area contributed by atoms with Gasteiger partial charge in [-0.05, 0) is 19.1 Å². The third kappa shape index (κ3) is 3.04. The van der Waals surface area contributed by atoms with Crippen LogP contribution in [-0.4, -0.2) is 20.9 Å². The molecule has 2 aromatic rings. The highest BCUT2D eigenvalue weighted by atomic mass is 35.5. The van der Waals surface area contributed by atoms with Crippen LogP contribution in [0.15, 0.2) is 24.5 Å². The van der Waals surface area contributed by atoms with Crippen LogP contribution >= 0.6 is 11.6 Å². The molecule has 0 saturated carbocycles. The number of rotatable bonds is 3. The Morgan fingerprint density at radius 1 is 1.53 bits per heavy atom. The van der Waals surface area contributed by atoms with Crippen molar-refractivity contribution in [3.05, 3.63) is 46.8 Å². The van der Waals surface area contributed by atoms with E-state index in [1.54, 1.807) is 25.4 Å². The molecule has 0 spiro atoms. The number of aromatic amines is 1. The zero-order valence-corrected chi connectivity index (χ0v) is 9.95. The van der Waals surface area contributed by atoms with Crippen LogP contribution in [0.4, 0.5) is 0 Å². The summed E-state index contributed by atoms with van der Waals surface area (Å²) in [4.78, 5) is 22.7. The monoisotopic (exact) mass is 250 g/mol. The second kappa shape index (κ2) is 4.97. The Kier molecular flexibility index (Phi) is 3.39. The van der Waals surface area contributed by atoms with Gasteiger partial charge in [-0.1, -0.05) is 11.6 Å². The molecule has 1 amide bonds. The standard InChI is InChI=1S/C11H11ClN4O/c1-7-4-8(5-9(12)16-7)11(17)15-6-10-13-2-3-14-10/h2-5H,6H2,1H3,(H,13,14)(H,15,17). The number of hydrogen-bond acceptors (Lipinski definition) is 3. The van der Waals surface area contributed by atoms with E-state index < -0.39 is 0 Å². The number of amides is 1. The molecular formula is C11H11ClN4O. The molecule has 0 bridgehead atoms. The summed E-state index contributed by atoms with van der Waals surface area (Å²) in [6, 6.07) is 3.22. The molecule has 17 heavy (non-hydrogen) atoms. The zero-order chi connectivity index (χ0) is 12.3. The number of hydrogen-bond donors (Lipinski definition) is 2. The number of carbonyl (C=O) groups excluding carboxylic acids is 1. The fourth-order valence-corrected chi connectivity index (χ4v) is 1.67. The number of aromatic nitrogens is 3. The van der Waals surface area contributed by atoms with Gasteiger partial charge in [0.15, 0.2) is 0 Å². The van der Waals surface area contributed by atoms with Gasteiger partial charge in [-0.15, -0.1) is 0 Å². The SMILES string of the molecule is Cc1cc(C(=O)NCc2ncc[nH]2)cc(Cl)n1. The maximum absolute atomic E-state index is 11.8. The van der Waals surface area contributed by atoms with Crippen LogP contribution in [-0.2, 0) is 6.54 Å². The van der Waals surface area contributed by atoms with Crippen LogP contribution in [0.5, 0.6) is 0 Å². The van der Waals surface area contributed by atoms with Crippen molar-refractivity contribution >= 4 is 17.5 Å². The van der Waals surface area contributed by atoms with Crippen molar-refractivity contribution < 1.29 is 4.79 Å². The van der Waals surface area contributed by atoms with E-state index in [1.807, 2.05) is 0 Å². The molecule has 0 unspecified atom stereocenters. The van der Waals surface area contributed by atoms with E-state index >= 15 is 0 Å². The topological polar surface area (TPSA) is 70.7 Å². The van der Waals surface area contributed by atoms with Crippen molar-refractivity contribution in [2.75, 3.05) is 0 Å². The minimum atomic E-state index is -0.200. The first-order valence-corrected chi connectivity index (χ1v) is 5.43. The molecule has 2 heterocycles. The molecule has 0 aliphatic rings. The van der Waals surface area contributed by atoms with Crippen LogP contribution in [0, 0.1) is 6.92 Å². The van der Waals surface area contributed by atoms with Gasteiger partial charge in [0, 0.05) is 23.7 Å². The van der Waals surface area contributed by atoms with Crippen LogP contribution in [0.1, 0.15) is 21.9 Å². The molecule has 0 aromatic carbocycles. The number of H-pyrrole nitrogens is 1. The Morgan fingerprint density at radius 2 is 2.35 bits per heavy atom. The number of aryl methyl sites for hydroxylation is 1. The summed E-state index contributed by atoms with van der Waals surface area (Å²) in [5, 5.41) is 3.05. The van der Waals surface area contributed by atoms with E-state index in [-0.39, 0.29) is 5.91 Å². The number of pyridine rings is 1. The van der Waals surface area contributed by atoms with Crippen molar-refractivity contribution in [1.29, 1.82) is 0 Å². The van der Waals surface area contributed by atoms with Gasteiger partial charge in [-0.3, -0.25) is 4.79 Å². The Hall–Kier alpha value is -1.88. The zero-order valence-electron chi connectivity index (χ0n) is 9.20. The molecule has 88 valence electrons. The number of halogens is 1. The molecule has 2 aromatic heterocycles. The minimum absolute atomic E-state index is 0.200. The van der Waals surface area contributed by atoms with Gasteiger partial charge in [0.2, 0.25) is 0 Å². The highest BCUT2D eigenvalue weighted by Gasteiger charge is 2.08. The van der Waals surface area contributed by atoms with E-state index in [0.29, 0.717) is 28.8 Å². The Morgan fingerprint density at radius 3 is 3.00 bits per heavy atom. The van der Waals surface area contributed by atoms with Crippen molar-refractivity contribution in [3.63, 3.8) is 0 Å². The smallest absolute Gasteiger partial charge is 0.251 e. The van der Waals surface area contributed by atoms with E-state index in [4.69, 9.17) is 11.6 Å². The molecule has 5 nitrogen and oxygen atoms in total. The number of carbonyl (C=O) groups is 1. The molecular weight excluding hydrogens is 240 g/mol.